The molecule has 0 radical (unpaired) electrons. The topological polar surface area (TPSA) is 86.7 Å². The van der Waals surface area contributed by atoms with Gasteiger partial charge in [-0.2, -0.15) is 0 Å². The van der Waals surface area contributed by atoms with Crippen LogP contribution in [0.4, 0.5) is 0 Å². The zero-order valence-corrected chi connectivity index (χ0v) is 13.6. The second-order valence-corrected chi connectivity index (χ2v) is 5.92. The monoisotopic (exact) mass is 312 g/mol. The third-order valence-corrected chi connectivity index (χ3v) is 4.10. The van der Waals surface area contributed by atoms with E-state index in [0.717, 1.165) is 25.7 Å². The Morgan fingerprint density at radius 3 is 2.55 bits per heavy atom. The van der Waals surface area contributed by atoms with E-state index in [1.54, 1.807) is 4.90 Å². The number of carboxylic acid groups (broad SMARTS) is 1. The number of hydrogen-bond acceptors (Lipinski definition) is 3. The summed E-state index contributed by atoms with van der Waals surface area (Å²) in [7, 11) is 0. The largest absolute Gasteiger partial charge is 0.481 e. The lowest BCUT2D eigenvalue weighted by Gasteiger charge is -2.35. The van der Waals surface area contributed by atoms with Crippen molar-refractivity contribution in [1.29, 1.82) is 0 Å². The molecule has 0 aromatic heterocycles. The summed E-state index contributed by atoms with van der Waals surface area (Å²) in [4.78, 5) is 37.2. The second kappa shape index (κ2) is 9.43. The summed E-state index contributed by atoms with van der Waals surface area (Å²) in [5.74, 6) is -1.64. The molecule has 1 saturated heterocycles. The summed E-state index contributed by atoms with van der Waals surface area (Å²) in [6.07, 6.45) is 5.03. The average Bonchev–Trinajstić information content (AvgIpc) is 2.51. The number of carboxylic acids is 1. The lowest BCUT2D eigenvalue weighted by molar-refractivity contribution is -0.144. The van der Waals surface area contributed by atoms with Gasteiger partial charge in [0.15, 0.2) is 0 Å². The van der Waals surface area contributed by atoms with Gasteiger partial charge in [-0.05, 0) is 32.1 Å². The van der Waals surface area contributed by atoms with Gasteiger partial charge in [0.2, 0.25) is 11.8 Å². The fourth-order valence-electron chi connectivity index (χ4n) is 2.86. The van der Waals surface area contributed by atoms with Gasteiger partial charge in [0.1, 0.15) is 6.04 Å². The highest BCUT2D eigenvalue weighted by Crippen LogP contribution is 2.19. The fourth-order valence-corrected chi connectivity index (χ4v) is 2.86. The van der Waals surface area contributed by atoms with Crippen LogP contribution < -0.4 is 5.32 Å². The molecule has 126 valence electrons. The molecule has 1 rings (SSSR count). The SMILES string of the molecule is CCCC(=O)N1CCCCC1C(=O)NCC(CCC)C(=O)O. The van der Waals surface area contributed by atoms with E-state index in [2.05, 4.69) is 5.32 Å². The Morgan fingerprint density at radius 2 is 1.95 bits per heavy atom. The smallest absolute Gasteiger partial charge is 0.308 e. The van der Waals surface area contributed by atoms with Gasteiger partial charge in [-0.15, -0.1) is 0 Å². The summed E-state index contributed by atoms with van der Waals surface area (Å²) in [5, 5.41) is 11.9. The highest BCUT2D eigenvalue weighted by atomic mass is 16.4. The van der Waals surface area contributed by atoms with Gasteiger partial charge in [0.05, 0.1) is 5.92 Å². The minimum absolute atomic E-state index is 0.0192. The average molecular weight is 312 g/mol. The number of carbonyl (C=O) groups is 3. The van der Waals surface area contributed by atoms with Gasteiger partial charge in [-0.3, -0.25) is 14.4 Å². The maximum absolute atomic E-state index is 12.4. The van der Waals surface area contributed by atoms with E-state index in [0.29, 0.717) is 25.8 Å². The van der Waals surface area contributed by atoms with Crippen molar-refractivity contribution in [1.82, 2.24) is 10.2 Å². The molecule has 0 aromatic carbocycles. The highest BCUT2D eigenvalue weighted by Gasteiger charge is 2.32. The zero-order valence-electron chi connectivity index (χ0n) is 13.6. The van der Waals surface area contributed by atoms with E-state index in [9.17, 15) is 14.4 Å². The van der Waals surface area contributed by atoms with Crippen LogP contribution in [0.15, 0.2) is 0 Å². The van der Waals surface area contributed by atoms with Gasteiger partial charge >= 0.3 is 5.97 Å². The first-order valence-electron chi connectivity index (χ1n) is 8.31. The molecule has 2 N–H and O–H groups in total. The van der Waals surface area contributed by atoms with E-state index in [1.165, 1.54) is 0 Å². The van der Waals surface area contributed by atoms with E-state index < -0.39 is 17.9 Å². The molecule has 0 spiro atoms. The molecule has 1 heterocycles. The third kappa shape index (κ3) is 5.31. The van der Waals surface area contributed by atoms with Crippen molar-refractivity contribution in [2.45, 2.75) is 64.8 Å². The fraction of sp³-hybridized carbons (Fsp3) is 0.812. The van der Waals surface area contributed by atoms with Gasteiger partial charge in [-0.1, -0.05) is 20.3 Å². The summed E-state index contributed by atoms with van der Waals surface area (Å²) < 4.78 is 0. The van der Waals surface area contributed by atoms with Crippen LogP contribution in [0.2, 0.25) is 0 Å². The minimum atomic E-state index is -0.885. The van der Waals surface area contributed by atoms with Crippen LogP contribution in [-0.4, -0.2) is 46.9 Å². The Hall–Kier alpha value is -1.59. The van der Waals surface area contributed by atoms with Crippen LogP contribution in [0.3, 0.4) is 0 Å². The maximum atomic E-state index is 12.4. The number of carbonyl (C=O) groups excluding carboxylic acids is 2. The van der Waals surface area contributed by atoms with Gasteiger partial charge in [-0.25, -0.2) is 0 Å². The maximum Gasteiger partial charge on any atom is 0.308 e. The quantitative estimate of drug-likeness (QED) is 0.715. The van der Waals surface area contributed by atoms with E-state index in [-0.39, 0.29) is 18.4 Å². The Morgan fingerprint density at radius 1 is 1.23 bits per heavy atom. The standard InChI is InChI=1S/C16H28N2O4/c1-3-7-12(16(21)22)11-17-15(20)13-9-5-6-10-18(13)14(19)8-4-2/h12-13H,3-11H2,1-2H3,(H,17,20)(H,21,22). The van der Waals surface area contributed by atoms with Crippen molar-refractivity contribution < 1.29 is 19.5 Å². The normalized spacial score (nSPS) is 19.5. The molecule has 6 nitrogen and oxygen atoms in total. The number of hydrogen-bond donors (Lipinski definition) is 2. The van der Waals surface area contributed by atoms with Crippen molar-refractivity contribution in [2.24, 2.45) is 5.92 Å². The van der Waals surface area contributed by atoms with Gasteiger partial charge in [0, 0.05) is 19.5 Å². The molecule has 0 aromatic rings. The Kier molecular flexibility index (Phi) is 7.91. The predicted octanol–water partition coefficient (Wildman–Crippen LogP) is 1.78. The van der Waals surface area contributed by atoms with Crippen LogP contribution in [0, 0.1) is 5.92 Å². The number of likely N-dealkylation sites (tertiary alicyclic amines) is 1. The number of nitrogens with one attached hydrogen (secondary N) is 1. The number of piperidine rings is 1. The van der Waals surface area contributed by atoms with Crippen LogP contribution >= 0.6 is 0 Å². The van der Waals surface area contributed by atoms with Crippen molar-refractivity contribution >= 4 is 17.8 Å². The van der Waals surface area contributed by atoms with E-state index >= 15 is 0 Å². The second-order valence-electron chi connectivity index (χ2n) is 5.92. The first-order chi connectivity index (χ1) is 10.5. The zero-order chi connectivity index (χ0) is 16.5. The lowest BCUT2D eigenvalue weighted by Crippen LogP contribution is -2.52. The van der Waals surface area contributed by atoms with Crippen LogP contribution in [0.5, 0.6) is 0 Å². The Bertz CT molecular complexity index is 398. The molecule has 1 aliphatic heterocycles. The van der Waals surface area contributed by atoms with Crippen molar-refractivity contribution in [3.8, 4) is 0 Å². The highest BCUT2D eigenvalue weighted by molar-refractivity contribution is 5.88. The molecule has 0 saturated carbocycles. The molecule has 22 heavy (non-hydrogen) atoms. The molecule has 2 amide bonds. The third-order valence-electron chi connectivity index (χ3n) is 4.10. The van der Waals surface area contributed by atoms with Crippen molar-refractivity contribution in [3.63, 3.8) is 0 Å². The Balaban J connectivity index is 2.60. The molecular formula is C16H28N2O4. The Labute approximate surface area is 132 Å². The number of aliphatic carboxylic acids is 1. The van der Waals surface area contributed by atoms with Gasteiger partial charge in [0.25, 0.3) is 0 Å². The summed E-state index contributed by atoms with van der Waals surface area (Å²) in [6.45, 7) is 4.62. The number of amides is 2. The molecular weight excluding hydrogens is 284 g/mol. The predicted molar refractivity (Wildman–Crippen MR) is 83.3 cm³/mol. The summed E-state index contributed by atoms with van der Waals surface area (Å²) in [5.41, 5.74) is 0. The molecule has 0 bridgehead atoms. The summed E-state index contributed by atoms with van der Waals surface area (Å²) >= 11 is 0. The molecule has 1 fully saturated rings. The first-order valence-corrected chi connectivity index (χ1v) is 8.31. The molecule has 6 heteroatoms. The van der Waals surface area contributed by atoms with E-state index in [4.69, 9.17) is 5.11 Å². The first kappa shape index (κ1) is 18.5. The van der Waals surface area contributed by atoms with Crippen molar-refractivity contribution in [2.75, 3.05) is 13.1 Å². The van der Waals surface area contributed by atoms with Crippen LogP contribution in [0.1, 0.15) is 58.8 Å². The molecule has 1 aliphatic rings. The number of nitrogens with zero attached hydrogens (tertiary/aromatic N) is 1. The van der Waals surface area contributed by atoms with Gasteiger partial charge < -0.3 is 15.3 Å². The van der Waals surface area contributed by atoms with E-state index in [1.807, 2.05) is 13.8 Å². The summed E-state index contributed by atoms with van der Waals surface area (Å²) in [6, 6.07) is -0.441. The van der Waals surface area contributed by atoms with Crippen LogP contribution in [-0.2, 0) is 14.4 Å². The minimum Gasteiger partial charge on any atom is -0.481 e. The lowest BCUT2D eigenvalue weighted by atomic mass is 9.99. The van der Waals surface area contributed by atoms with Crippen molar-refractivity contribution in [3.05, 3.63) is 0 Å². The molecule has 2 unspecified atom stereocenters. The molecule has 0 aliphatic carbocycles. The number of rotatable bonds is 8. The molecule has 2 atom stereocenters. The van der Waals surface area contributed by atoms with Crippen LogP contribution in [0.25, 0.3) is 0 Å².